The smallest absolute Gasteiger partial charge is 0.235 e. The summed E-state index contributed by atoms with van der Waals surface area (Å²) in [5.74, 6) is 2.01. The van der Waals surface area contributed by atoms with Crippen LogP contribution in [0.3, 0.4) is 0 Å². The van der Waals surface area contributed by atoms with Crippen molar-refractivity contribution in [2.45, 2.75) is 26.0 Å². The van der Waals surface area contributed by atoms with E-state index < -0.39 is 0 Å². The summed E-state index contributed by atoms with van der Waals surface area (Å²) < 4.78 is 7.42. The highest BCUT2D eigenvalue weighted by molar-refractivity contribution is 8.00. The van der Waals surface area contributed by atoms with Crippen LogP contribution in [0, 0.1) is 13.8 Å². The van der Waals surface area contributed by atoms with E-state index in [1.807, 2.05) is 42.8 Å². The molecule has 3 aromatic rings. The Hall–Kier alpha value is -2.73. The van der Waals surface area contributed by atoms with Crippen LogP contribution in [0.1, 0.15) is 34.6 Å². The molecule has 2 heterocycles. The minimum atomic E-state index is -0.00603. The van der Waals surface area contributed by atoms with Crippen molar-refractivity contribution in [3.05, 3.63) is 70.9 Å². The summed E-state index contributed by atoms with van der Waals surface area (Å²) >= 11 is 1.63. The van der Waals surface area contributed by atoms with Crippen molar-refractivity contribution in [3.8, 4) is 11.4 Å². The zero-order chi connectivity index (χ0) is 19.7. The van der Waals surface area contributed by atoms with Gasteiger partial charge in [0.25, 0.3) is 0 Å². The number of hydrogen-bond donors (Lipinski definition) is 1. The fourth-order valence-electron chi connectivity index (χ4n) is 3.50. The highest BCUT2D eigenvalue weighted by Crippen LogP contribution is 2.44. The number of anilines is 1. The number of fused-ring (bicyclic) bond motifs is 1. The van der Waals surface area contributed by atoms with Crippen LogP contribution >= 0.6 is 11.8 Å². The van der Waals surface area contributed by atoms with Gasteiger partial charge in [-0.25, -0.2) is 4.68 Å². The number of nitrogens with zero attached hydrogens (tertiary/aromatic N) is 2. The molecule has 0 spiro atoms. The minimum absolute atomic E-state index is 0.00603. The lowest BCUT2D eigenvalue weighted by molar-refractivity contribution is -0.113. The highest BCUT2D eigenvalue weighted by atomic mass is 32.2. The van der Waals surface area contributed by atoms with Crippen LogP contribution in [0.2, 0.25) is 0 Å². The van der Waals surface area contributed by atoms with Crippen LogP contribution in [0.5, 0.6) is 5.75 Å². The number of rotatable bonds is 4. The summed E-state index contributed by atoms with van der Waals surface area (Å²) in [6, 6.07) is 16.3. The number of aryl methyl sites for hydroxylation is 2. The molecule has 1 amide bonds. The molecule has 0 saturated heterocycles. The highest BCUT2D eigenvalue weighted by Gasteiger charge is 2.30. The first-order valence-electron chi connectivity index (χ1n) is 9.37. The minimum Gasteiger partial charge on any atom is -0.494 e. The Kier molecular flexibility index (Phi) is 5.13. The zero-order valence-corrected chi connectivity index (χ0v) is 17.0. The maximum atomic E-state index is 12.4. The summed E-state index contributed by atoms with van der Waals surface area (Å²) in [4.78, 5) is 12.4. The third-order valence-electron chi connectivity index (χ3n) is 4.75. The van der Waals surface area contributed by atoms with Gasteiger partial charge in [-0.1, -0.05) is 24.3 Å². The van der Waals surface area contributed by atoms with Crippen molar-refractivity contribution in [1.29, 1.82) is 0 Å². The van der Waals surface area contributed by atoms with Gasteiger partial charge in [-0.2, -0.15) is 5.10 Å². The van der Waals surface area contributed by atoms with Crippen molar-refractivity contribution in [3.63, 3.8) is 0 Å². The van der Waals surface area contributed by atoms with E-state index in [2.05, 4.69) is 36.5 Å². The topological polar surface area (TPSA) is 56.1 Å². The molecule has 1 aliphatic heterocycles. The molecule has 28 heavy (non-hydrogen) atoms. The van der Waals surface area contributed by atoms with Crippen LogP contribution in [0.4, 0.5) is 5.82 Å². The van der Waals surface area contributed by atoms with Gasteiger partial charge in [0.15, 0.2) is 0 Å². The SMILES string of the molecule is CCOc1ccc([C@H]2SCC(=O)Nc3c2c(C)nn3-c2cccc(C)c2)cc1. The molecule has 4 rings (SSSR count). The van der Waals surface area contributed by atoms with Crippen molar-refractivity contribution in [2.75, 3.05) is 17.7 Å². The van der Waals surface area contributed by atoms with Gasteiger partial charge in [0.05, 0.1) is 29.0 Å². The number of nitrogens with one attached hydrogen (secondary N) is 1. The van der Waals surface area contributed by atoms with Gasteiger partial charge in [0, 0.05) is 5.56 Å². The fraction of sp³-hybridized carbons (Fsp3) is 0.273. The van der Waals surface area contributed by atoms with Crippen LogP contribution in [0.15, 0.2) is 48.5 Å². The molecule has 0 saturated carbocycles. The van der Waals surface area contributed by atoms with Gasteiger partial charge >= 0.3 is 0 Å². The molecule has 0 fully saturated rings. The molecule has 0 bridgehead atoms. The Bertz CT molecular complexity index is 1010. The first kappa shape index (κ1) is 18.6. The second-order valence-corrected chi connectivity index (χ2v) is 7.93. The maximum absolute atomic E-state index is 12.4. The first-order valence-corrected chi connectivity index (χ1v) is 10.4. The molecular weight excluding hydrogens is 370 g/mol. The predicted molar refractivity (Wildman–Crippen MR) is 114 cm³/mol. The Morgan fingerprint density at radius 2 is 2.00 bits per heavy atom. The molecule has 0 radical (unpaired) electrons. The van der Waals surface area contributed by atoms with Gasteiger partial charge < -0.3 is 10.1 Å². The molecule has 144 valence electrons. The quantitative estimate of drug-likeness (QED) is 0.700. The van der Waals surface area contributed by atoms with E-state index in [4.69, 9.17) is 9.84 Å². The molecule has 0 aliphatic carbocycles. The summed E-state index contributed by atoms with van der Waals surface area (Å²) in [5, 5.41) is 7.87. The van der Waals surface area contributed by atoms with Crippen molar-refractivity contribution in [2.24, 2.45) is 0 Å². The fourth-order valence-corrected chi connectivity index (χ4v) is 4.69. The van der Waals surface area contributed by atoms with E-state index in [0.29, 0.717) is 12.4 Å². The lowest BCUT2D eigenvalue weighted by Crippen LogP contribution is -2.15. The summed E-state index contributed by atoms with van der Waals surface area (Å²) in [6.45, 7) is 6.67. The molecule has 0 unspecified atom stereocenters. The second kappa shape index (κ2) is 7.72. The Balaban J connectivity index is 1.81. The van der Waals surface area contributed by atoms with Crippen molar-refractivity contribution >= 4 is 23.5 Å². The number of carbonyl (C=O) groups excluding carboxylic acids is 1. The lowest BCUT2D eigenvalue weighted by atomic mass is 10.0. The maximum Gasteiger partial charge on any atom is 0.235 e. The van der Waals surface area contributed by atoms with Gasteiger partial charge in [0.2, 0.25) is 5.91 Å². The van der Waals surface area contributed by atoms with E-state index in [1.165, 1.54) is 0 Å². The third kappa shape index (κ3) is 3.52. The van der Waals surface area contributed by atoms with Crippen LogP contribution in [-0.2, 0) is 4.79 Å². The van der Waals surface area contributed by atoms with Crippen LogP contribution < -0.4 is 10.1 Å². The summed E-state index contributed by atoms with van der Waals surface area (Å²) in [6.07, 6.45) is 0. The van der Waals surface area contributed by atoms with Crippen molar-refractivity contribution in [1.82, 2.24) is 9.78 Å². The molecule has 1 aliphatic rings. The normalized spacial score (nSPS) is 16.2. The van der Waals surface area contributed by atoms with Crippen molar-refractivity contribution < 1.29 is 9.53 Å². The molecule has 2 aromatic carbocycles. The number of carbonyl (C=O) groups is 1. The largest absolute Gasteiger partial charge is 0.494 e. The summed E-state index contributed by atoms with van der Waals surface area (Å²) in [5.41, 5.74) is 5.21. The Labute approximate surface area is 169 Å². The molecule has 6 heteroatoms. The number of thioether (sulfide) groups is 1. The lowest BCUT2D eigenvalue weighted by Gasteiger charge is -2.16. The third-order valence-corrected chi connectivity index (χ3v) is 6.02. The number of amides is 1. The molecule has 1 atom stereocenters. The standard InChI is InChI=1S/C22H23N3O2S/c1-4-27-18-10-8-16(9-11-18)21-20-15(3)24-25(17-7-5-6-14(2)12-17)22(20)23-19(26)13-28-21/h5-12,21H,4,13H2,1-3H3,(H,23,26)/t21-/m1/s1. The first-order chi connectivity index (χ1) is 13.6. The van der Waals surface area contributed by atoms with Gasteiger partial charge in [0.1, 0.15) is 11.6 Å². The average Bonchev–Trinajstić information content (AvgIpc) is 2.89. The number of aromatic nitrogens is 2. The Morgan fingerprint density at radius 3 is 2.71 bits per heavy atom. The second-order valence-electron chi connectivity index (χ2n) is 6.84. The Morgan fingerprint density at radius 1 is 1.21 bits per heavy atom. The van der Waals surface area contributed by atoms with E-state index in [-0.39, 0.29) is 11.2 Å². The van der Waals surface area contributed by atoms with Crippen LogP contribution in [0.25, 0.3) is 5.69 Å². The number of ether oxygens (including phenoxy) is 1. The molecule has 1 aromatic heterocycles. The number of benzene rings is 2. The van der Waals surface area contributed by atoms with E-state index >= 15 is 0 Å². The van der Waals surface area contributed by atoms with Gasteiger partial charge in [-0.05, 0) is 56.2 Å². The average molecular weight is 394 g/mol. The van der Waals surface area contributed by atoms with E-state index in [9.17, 15) is 4.79 Å². The molecule has 5 nitrogen and oxygen atoms in total. The van der Waals surface area contributed by atoms with E-state index in [1.54, 1.807) is 11.8 Å². The summed E-state index contributed by atoms with van der Waals surface area (Å²) in [7, 11) is 0. The van der Waals surface area contributed by atoms with E-state index in [0.717, 1.165) is 39.6 Å². The van der Waals surface area contributed by atoms with Crippen LogP contribution in [-0.4, -0.2) is 28.0 Å². The van der Waals surface area contributed by atoms with Gasteiger partial charge in [-0.15, -0.1) is 11.8 Å². The molecule has 1 N–H and O–H groups in total. The molecular formula is C22H23N3O2S. The van der Waals surface area contributed by atoms with Gasteiger partial charge in [-0.3, -0.25) is 4.79 Å². The monoisotopic (exact) mass is 393 g/mol. The zero-order valence-electron chi connectivity index (χ0n) is 16.2. The number of hydrogen-bond acceptors (Lipinski definition) is 4. The predicted octanol–water partition coefficient (Wildman–Crippen LogP) is 4.66.